The van der Waals surface area contributed by atoms with Gasteiger partial charge in [-0.3, -0.25) is 0 Å². The predicted octanol–water partition coefficient (Wildman–Crippen LogP) is 1.90. The molecule has 114 valence electrons. The van der Waals surface area contributed by atoms with E-state index in [9.17, 15) is 9.90 Å². The van der Waals surface area contributed by atoms with Crippen LogP contribution in [-0.4, -0.2) is 39.3 Å². The number of nitrogens with two attached hydrogens (primary N) is 1. The standard InChI is InChI=1S/C15H16N4O3/c1-22-8-4-7-19-13(16)11(15(20)21)12-14(19)18-10-6-3-2-5-9(10)17-12/h2-3,5-6H,4,7-8,16H2,1H3,(H,20,21). The molecule has 0 saturated carbocycles. The molecule has 0 aliphatic carbocycles. The van der Waals surface area contributed by atoms with Gasteiger partial charge < -0.3 is 20.1 Å². The summed E-state index contributed by atoms with van der Waals surface area (Å²) in [5, 5.41) is 9.43. The van der Waals surface area contributed by atoms with Gasteiger partial charge in [-0.2, -0.15) is 0 Å². The van der Waals surface area contributed by atoms with Crippen molar-refractivity contribution in [1.29, 1.82) is 0 Å². The molecule has 0 amide bonds. The number of methoxy groups -OCH3 is 1. The van der Waals surface area contributed by atoms with Gasteiger partial charge in [0.05, 0.1) is 11.0 Å². The summed E-state index contributed by atoms with van der Waals surface area (Å²) < 4.78 is 6.73. The van der Waals surface area contributed by atoms with Crippen molar-refractivity contribution in [3.8, 4) is 0 Å². The Labute approximate surface area is 126 Å². The number of nitrogens with zero attached hydrogens (tertiary/aromatic N) is 3. The number of aromatic nitrogens is 3. The van der Waals surface area contributed by atoms with Crippen molar-refractivity contribution in [2.45, 2.75) is 13.0 Å². The second kappa shape index (κ2) is 5.61. The van der Waals surface area contributed by atoms with E-state index in [1.807, 2.05) is 18.2 Å². The minimum Gasteiger partial charge on any atom is -0.477 e. The summed E-state index contributed by atoms with van der Waals surface area (Å²) in [5.41, 5.74) is 8.19. The third-order valence-corrected chi connectivity index (χ3v) is 3.54. The first-order chi connectivity index (χ1) is 10.6. The number of carboxylic acids is 1. The quantitative estimate of drug-likeness (QED) is 0.697. The first-order valence-corrected chi connectivity index (χ1v) is 6.90. The molecule has 2 aromatic heterocycles. The topological polar surface area (TPSA) is 103 Å². The zero-order chi connectivity index (χ0) is 15.7. The molecular formula is C15H16N4O3. The number of benzene rings is 1. The lowest BCUT2D eigenvalue weighted by Gasteiger charge is -2.07. The number of rotatable bonds is 5. The van der Waals surface area contributed by atoms with E-state index in [1.165, 1.54) is 0 Å². The lowest BCUT2D eigenvalue weighted by Crippen LogP contribution is -2.08. The van der Waals surface area contributed by atoms with Crippen LogP contribution in [0.3, 0.4) is 0 Å². The summed E-state index contributed by atoms with van der Waals surface area (Å²) in [6, 6.07) is 7.33. The van der Waals surface area contributed by atoms with Crippen LogP contribution in [-0.2, 0) is 11.3 Å². The van der Waals surface area contributed by atoms with Gasteiger partial charge in [-0.15, -0.1) is 0 Å². The highest BCUT2D eigenvalue weighted by molar-refractivity contribution is 6.07. The predicted molar refractivity (Wildman–Crippen MR) is 82.9 cm³/mol. The monoisotopic (exact) mass is 300 g/mol. The SMILES string of the molecule is COCCCn1c(N)c(C(=O)O)c2nc3ccccc3nc21. The Morgan fingerprint density at radius 3 is 2.64 bits per heavy atom. The molecule has 1 aromatic carbocycles. The smallest absolute Gasteiger partial charge is 0.341 e. The Hall–Kier alpha value is -2.67. The maximum atomic E-state index is 11.5. The average Bonchev–Trinajstić information content (AvgIpc) is 2.77. The summed E-state index contributed by atoms with van der Waals surface area (Å²) in [4.78, 5) is 20.5. The number of ether oxygens (including phenoxy) is 1. The number of aromatic carboxylic acids is 1. The molecule has 0 radical (unpaired) electrons. The Morgan fingerprint density at radius 1 is 1.32 bits per heavy atom. The van der Waals surface area contributed by atoms with Crippen LogP contribution in [0.2, 0.25) is 0 Å². The summed E-state index contributed by atoms with van der Waals surface area (Å²) in [5.74, 6) is -0.925. The highest BCUT2D eigenvalue weighted by atomic mass is 16.5. The van der Waals surface area contributed by atoms with E-state index in [0.717, 1.165) is 0 Å². The van der Waals surface area contributed by atoms with Crippen molar-refractivity contribution < 1.29 is 14.6 Å². The fourth-order valence-corrected chi connectivity index (χ4v) is 2.52. The van der Waals surface area contributed by atoms with Crippen LogP contribution in [0.4, 0.5) is 5.82 Å². The number of hydrogen-bond donors (Lipinski definition) is 2. The molecular weight excluding hydrogens is 284 g/mol. The van der Waals surface area contributed by atoms with Gasteiger partial charge in [0, 0.05) is 20.3 Å². The summed E-state index contributed by atoms with van der Waals surface area (Å²) >= 11 is 0. The van der Waals surface area contributed by atoms with Gasteiger partial charge in [-0.05, 0) is 18.6 Å². The van der Waals surface area contributed by atoms with Gasteiger partial charge in [0.1, 0.15) is 16.9 Å². The van der Waals surface area contributed by atoms with Crippen molar-refractivity contribution in [2.75, 3.05) is 19.5 Å². The van der Waals surface area contributed by atoms with E-state index in [4.69, 9.17) is 10.5 Å². The molecule has 2 heterocycles. The van der Waals surface area contributed by atoms with Crippen molar-refractivity contribution in [3.05, 3.63) is 29.8 Å². The molecule has 0 spiro atoms. The highest BCUT2D eigenvalue weighted by Crippen LogP contribution is 2.27. The number of para-hydroxylation sites is 2. The fraction of sp³-hybridized carbons (Fsp3) is 0.267. The van der Waals surface area contributed by atoms with E-state index in [0.29, 0.717) is 41.8 Å². The number of hydrogen-bond acceptors (Lipinski definition) is 5. The lowest BCUT2D eigenvalue weighted by atomic mass is 10.2. The van der Waals surface area contributed by atoms with Crippen molar-refractivity contribution in [3.63, 3.8) is 0 Å². The highest BCUT2D eigenvalue weighted by Gasteiger charge is 2.23. The minimum absolute atomic E-state index is 0.00525. The van der Waals surface area contributed by atoms with Crippen LogP contribution in [0.5, 0.6) is 0 Å². The Balaban J connectivity index is 2.26. The third kappa shape index (κ3) is 2.25. The molecule has 7 heteroatoms. The molecule has 3 rings (SSSR count). The van der Waals surface area contributed by atoms with E-state index < -0.39 is 5.97 Å². The Morgan fingerprint density at radius 2 is 2.00 bits per heavy atom. The molecule has 0 unspecified atom stereocenters. The molecule has 0 bridgehead atoms. The summed E-state index contributed by atoms with van der Waals surface area (Å²) in [6.45, 7) is 1.08. The Kier molecular flexibility index (Phi) is 3.64. The maximum absolute atomic E-state index is 11.5. The average molecular weight is 300 g/mol. The number of anilines is 1. The van der Waals surface area contributed by atoms with Crippen molar-refractivity contribution in [1.82, 2.24) is 14.5 Å². The number of fused-ring (bicyclic) bond motifs is 2. The zero-order valence-corrected chi connectivity index (χ0v) is 12.1. The van der Waals surface area contributed by atoms with Crippen LogP contribution < -0.4 is 5.73 Å². The molecule has 3 N–H and O–H groups in total. The van der Waals surface area contributed by atoms with Crippen LogP contribution in [0, 0.1) is 0 Å². The van der Waals surface area contributed by atoms with Gasteiger partial charge in [0.15, 0.2) is 5.65 Å². The number of aryl methyl sites for hydroxylation is 1. The van der Waals surface area contributed by atoms with Gasteiger partial charge in [-0.25, -0.2) is 14.8 Å². The molecule has 0 aliphatic heterocycles. The zero-order valence-electron chi connectivity index (χ0n) is 12.1. The van der Waals surface area contributed by atoms with Gasteiger partial charge in [0.2, 0.25) is 0 Å². The first kappa shape index (κ1) is 14.3. The van der Waals surface area contributed by atoms with E-state index in [1.54, 1.807) is 17.7 Å². The number of nitrogen functional groups attached to an aromatic ring is 1. The lowest BCUT2D eigenvalue weighted by molar-refractivity contribution is 0.0700. The van der Waals surface area contributed by atoms with E-state index in [2.05, 4.69) is 9.97 Å². The fourth-order valence-electron chi connectivity index (χ4n) is 2.52. The van der Waals surface area contributed by atoms with E-state index >= 15 is 0 Å². The second-order valence-corrected chi connectivity index (χ2v) is 4.95. The summed E-state index contributed by atoms with van der Waals surface area (Å²) in [7, 11) is 1.62. The van der Waals surface area contributed by atoms with Crippen LogP contribution in [0.1, 0.15) is 16.8 Å². The largest absolute Gasteiger partial charge is 0.477 e. The molecule has 0 fully saturated rings. The molecule has 0 saturated heterocycles. The van der Waals surface area contributed by atoms with Gasteiger partial charge >= 0.3 is 5.97 Å². The molecule has 22 heavy (non-hydrogen) atoms. The molecule has 7 nitrogen and oxygen atoms in total. The normalized spacial score (nSPS) is 11.3. The number of carboxylic acid groups (broad SMARTS) is 1. The maximum Gasteiger partial charge on any atom is 0.341 e. The van der Waals surface area contributed by atoms with Crippen molar-refractivity contribution >= 4 is 34.0 Å². The van der Waals surface area contributed by atoms with Crippen molar-refractivity contribution in [2.24, 2.45) is 0 Å². The van der Waals surface area contributed by atoms with Gasteiger partial charge in [-0.1, -0.05) is 12.1 Å². The van der Waals surface area contributed by atoms with Crippen LogP contribution >= 0.6 is 0 Å². The van der Waals surface area contributed by atoms with Crippen LogP contribution in [0.15, 0.2) is 24.3 Å². The minimum atomic E-state index is -1.10. The second-order valence-electron chi connectivity index (χ2n) is 4.95. The third-order valence-electron chi connectivity index (χ3n) is 3.54. The Bertz CT molecular complexity index is 857. The number of carbonyl (C=O) groups is 1. The van der Waals surface area contributed by atoms with E-state index in [-0.39, 0.29) is 11.4 Å². The molecule has 3 aromatic rings. The van der Waals surface area contributed by atoms with Gasteiger partial charge in [0.25, 0.3) is 0 Å². The molecule has 0 atom stereocenters. The first-order valence-electron chi connectivity index (χ1n) is 6.90. The molecule has 0 aliphatic rings. The summed E-state index contributed by atoms with van der Waals surface area (Å²) in [6.07, 6.45) is 0.706. The van der Waals surface area contributed by atoms with Crippen LogP contribution in [0.25, 0.3) is 22.2 Å².